The standard InChI is InChI=1S/C18H27N5O3/c1-22(2)17(25)21-15-10-18(26-13-15)5-8-23(9-6-18)16(24)20-12-14-4-3-7-19-11-14/h3-4,7,11,15H,5-6,8-10,12-13H2,1-2H3,(H,20,24)(H,21,25). The fourth-order valence-electron chi connectivity index (χ4n) is 3.50. The van der Waals surface area contributed by atoms with E-state index in [1.807, 2.05) is 17.0 Å². The average Bonchev–Trinajstić information content (AvgIpc) is 3.03. The molecular formula is C18H27N5O3. The van der Waals surface area contributed by atoms with Gasteiger partial charge in [-0.2, -0.15) is 0 Å². The van der Waals surface area contributed by atoms with Crippen molar-refractivity contribution in [2.45, 2.75) is 37.5 Å². The van der Waals surface area contributed by atoms with Crippen molar-refractivity contribution in [1.29, 1.82) is 0 Å². The molecule has 0 aromatic carbocycles. The van der Waals surface area contributed by atoms with Gasteiger partial charge in [0, 0.05) is 46.1 Å². The molecule has 1 aromatic heterocycles. The molecule has 2 aliphatic rings. The molecule has 2 aliphatic heterocycles. The molecular weight excluding hydrogens is 334 g/mol. The Morgan fingerprint density at radius 2 is 2.15 bits per heavy atom. The maximum absolute atomic E-state index is 12.4. The highest BCUT2D eigenvalue weighted by atomic mass is 16.5. The van der Waals surface area contributed by atoms with Crippen LogP contribution >= 0.6 is 0 Å². The van der Waals surface area contributed by atoms with Gasteiger partial charge < -0.3 is 25.2 Å². The number of nitrogens with one attached hydrogen (secondary N) is 2. The van der Waals surface area contributed by atoms with Crippen LogP contribution in [0.2, 0.25) is 0 Å². The molecule has 26 heavy (non-hydrogen) atoms. The summed E-state index contributed by atoms with van der Waals surface area (Å²) in [6, 6.07) is 3.68. The van der Waals surface area contributed by atoms with E-state index in [1.165, 1.54) is 4.90 Å². The Kier molecular flexibility index (Phi) is 5.61. The lowest BCUT2D eigenvalue weighted by atomic mass is 9.87. The second kappa shape index (κ2) is 7.90. The number of ether oxygens (including phenoxy) is 1. The third-order valence-electron chi connectivity index (χ3n) is 5.07. The first kappa shape index (κ1) is 18.4. The summed E-state index contributed by atoms with van der Waals surface area (Å²) in [7, 11) is 3.45. The second-order valence-corrected chi connectivity index (χ2v) is 7.25. The number of carbonyl (C=O) groups is 2. The number of pyridine rings is 1. The lowest BCUT2D eigenvalue weighted by Crippen LogP contribution is -2.50. The number of aromatic nitrogens is 1. The lowest BCUT2D eigenvalue weighted by molar-refractivity contribution is -0.0363. The minimum atomic E-state index is -0.218. The normalized spacial score (nSPS) is 21.5. The highest BCUT2D eigenvalue weighted by Gasteiger charge is 2.43. The zero-order valence-corrected chi connectivity index (χ0v) is 15.4. The van der Waals surface area contributed by atoms with Crippen LogP contribution in [-0.2, 0) is 11.3 Å². The summed E-state index contributed by atoms with van der Waals surface area (Å²) in [5, 5.41) is 5.92. The number of piperidine rings is 1. The van der Waals surface area contributed by atoms with Crippen LogP contribution in [0.1, 0.15) is 24.8 Å². The van der Waals surface area contributed by atoms with Crippen LogP contribution in [0.25, 0.3) is 0 Å². The number of hydrogen-bond acceptors (Lipinski definition) is 4. The van der Waals surface area contributed by atoms with E-state index in [1.54, 1.807) is 26.5 Å². The highest BCUT2D eigenvalue weighted by Crippen LogP contribution is 2.36. The van der Waals surface area contributed by atoms with E-state index in [2.05, 4.69) is 15.6 Å². The largest absolute Gasteiger partial charge is 0.373 e. The van der Waals surface area contributed by atoms with Crippen LogP contribution in [0.5, 0.6) is 0 Å². The molecule has 0 bridgehead atoms. The molecule has 8 nitrogen and oxygen atoms in total. The van der Waals surface area contributed by atoms with Crippen molar-refractivity contribution in [3.05, 3.63) is 30.1 Å². The van der Waals surface area contributed by atoms with E-state index in [4.69, 9.17) is 4.74 Å². The van der Waals surface area contributed by atoms with E-state index in [0.29, 0.717) is 26.2 Å². The summed E-state index contributed by atoms with van der Waals surface area (Å²) < 4.78 is 6.03. The Morgan fingerprint density at radius 3 is 2.81 bits per heavy atom. The van der Waals surface area contributed by atoms with Gasteiger partial charge in [0.15, 0.2) is 0 Å². The van der Waals surface area contributed by atoms with Gasteiger partial charge in [0.1, 0.15) is 0 Å². The first-order valence-electron chi connectivity index (χ1n) is 9.01. The van der Waals surface area contributed by atoms with Crippen LogP contribution in [-0.4, -0.2) is 72.3 Å². The summed E-state index contributed by atoms with van der Waals surface area (Å²) in [6.45, 7) is 2.33. The number of amides is 4. The molecule has 0 radical (unpaired) electrons. The van der Waals surface area contributed by atoms with Crippen LogP contribution in [0.15, 0.2) is 24.5 Å². The summed E-state index contributed by atoms with van der Waals surface area (Å²) in [5.74, 6) is 0. The number of urea groups is 2. The van der Waals surface area contributed by atoms with Crippen molar-refractivity contribution < 1.29 is 14.3 Å². The Labute approximate surface area is 153 Å². The maximum Gasteiger partial charge on any atom is 0.317 e. The molecule has 1 aromatic rings. The molecule has 2 fully saturated rings. The zero-order chi connectivity index (χ0) is 18.6. The van der Waals surface area contributed by atoms with E-state index >= 15 is 0 Å². The van der Waals surface area contributed by atoms with E-state index in [9.17, 15) is 9.59 Å². The molecule has 2 N–H and O–H groups in total. The third-order valence-corrected chi connectivity index (χ3v) is 5.07. The molecule has 1 unspecified atom stereocenters. The summed E-state index contributed by atoms with van der Waals surface area (Å²) >= 11 is 0. The third kappa shape index (κ3) is 4.43. The number of likely N-dealkylation sites (tertiary alicyclic amines) is 1. The van der Waals surface area contributed by atoms with Crippen molar-refractivity contribution in [1.82, 2.24) is 25.4 Å². The number of nitrogens with zero attached hydrogens (tertiary/aromatic N) is 3. The van der Waals surface area contributed by atoms with Gasteiger partial charge in [-0.25, -0.2) is 9.59 Å². The molecule has 3 rings (SSSR count). The van der Waals surface area contributed by atoms with Gasteiger partial charge in [0.25, 0.3) is 0 Å². The minimum Gasteiger partial charge on any atom is -0.373 e. The predicted octanol–water partition coefficient (Wildman–Crippen LogP) is 1.19. The summed E-state index contributed by atoms with van der Waals surface area (Å²) in [5.41, 5.74) is 0.762. The molecule has 3 heterocycles. The molecule has 4 amide bonds. The molecule has 2 saturated heterocycles. The number of rotatable bonds is 3. The van der Waals surface area contributed by atoms with Gasteiger partial charge in [-0.05, 0) is 30.9 Å². The topological polar surface area (TPSA) is 86.8 Å². The van der Waals surface area contributed by atoms with Gasteiger partial charge in [-0.15, -0.1) is 0 Å². The van der Waals surface area contributed by atoms with Crippen LogP contribution in [0, 0.1) is 0 Å². The van der Waals surface area contributed by atoms with Crippen molar-refractivity contribution in [2.75, 3.05) is 33.8 Å². The lowest BCUT2D eigenvalue weighted by Gasteiger charge is -2.38. The first-order chi connectivity index (χ1) is 12.5. The highest BCUT2D eigenvalue weighted by molar-refractivity contribution is 5.74. The van der Waals surface area contributed by atoms with Gasteiger partial charge in [0.05, 0.1) is 18.2 Å². The number of hydrogen-bond donors (Lipinski definition) is 2. The quantitative estimate of drug-likeness (QED) is 0.847. The van der Waals surface area contributed by atoms with Crippen molar-refractivity contribution in [2.24, 2.45) is 0 Å². The molecule has 8 heteroatoms. The predicted molar refractivity (Wildman–Crippen MR) is 96.6 cm³/mol. The monoisotopic (exact) mass is 361 g/mol. The minimum absolute atomic E-state index is 0.0378. The second-order valence-electron chi connectivity index (χ2n) is 7.25. The van der Waals surface area contributed by atoms with Gasteiger partial charge >= 0.3 is 12.1 Å². The van der Waals surface area contributed by atoms with Crippen molar-refractivity contribution in [3.63, 3.8) is 0 Å². The smallest absolute Gasteiger partial charge is 0.317 e. The van der Waals surface area contributed by atoms with Crippen molar-refractivity contribution in [3.8, 4) is 0 Å². The van der Waals surface area contributed by atoms with E-state index in [0.717, 1.165) is 24.8 Å². The molecule has 142 valence electrons. The summed E-state index contributed by atoms with van der Waals surface area (Å²) in [4.78, 5) is 31.5. The fraction of sp³-hybridized carbons (Fsp3) is 0.611. The first-order valence-corrected chi connectivity index (χ1v) is 9.01. The molecule has 0 aliphatic carbocycles. The van der Waals surface area contributed by atoms with Crippen LogP contribution < -0.4 is 10.6 Å². The fourth-order valence-corrected chi connectivity index (χ4v) is 3.50. The van der Waals surface area contributed by atoms with Gasteiger partial charge in [-0.3, -0.25) is 4.98 Å². The average molecular weight is 361 g/mol. The Morgan fingerprint density at radius 1 is 1.38 bits per heavy atom. The molecule has 1 spiro atoms. The van der Waals surface area contributed by atoms with Crippen LogP contribution in [0.4, 0.5) is 9.59 Å². The zero-order valence-electron chi connectivity index (χ0n) is 15.4. The Hall–Kier alpha value is -2.35. The Bertz CT molecular complexity index is 629. The van der Waals surface area contributed by atoms with Crippen LogP contribution in [0.3, 0.4) is 0 Å². The molecule has 0 saturated carbocycles. The molecule has 1 atom stereocenters. The van der Waals surface area contributed by atoms with E-state index < -0.39 is 0 Å². The van der Waals surface area contributed by atoms with Crippen molar-refractivity contribution >= 4 is 12.1 Å². The van der Waals surface area contributed by atoms with Gasteiger partial charge in [-0.1, -0.05) is 6.07 Å². The number of carbonyl (C=O) groups excluding carboxylic acids is 2. The Balaban J connectivity index is 1.44. The van der Waals surface area contributed by atoms with Gasteiger partial charge in [0.2, 0.25) is 0 Å². The SMILES string of the molecule is CN(C)C(=O)NC1COC2(CCN(C(=O)NCc3cccnc3)CC2)C1. The maximum atomic E-state index is 12.4. The summed E-state index contributed by atoms with van der Waals surface area (Å²) in [6.07, 6.45) is 5.85. The van der Waals surface area contributed by atoms with E-state index in [-0.39, 0.29) is 23.7 Å².